The fourth-order valence-electron chi connectivity index (χ4n) is 8.15. The number of fused-ring (bicyclic) bond motifs is 3. The van der Waals surface area contributed by atoms with E-state index in [2.05, 4.69) is 185 Å². The molecular weight excluding hydrogens is 589 g/mol. The van der Waals surface area contributed by atoms with E-state index in [9.17, 15) is 0 Å². The van der Waals surface area contributed by atoms with Crippen LogP contribution in [-0.4, -0.2) is 0 Å². The van der Waals surface area contributed by atoms with Gasteiger partial charge in [0, 0.05) is 5.92 Å². The lowest BCUT2D eigenvalue weighted by atomic mass is 9.75. The highest BCUT2D eigenvalue weighted by Crippen LogP contribution is 2.55. The molecule has 1 unspecified atom stereocenters. The number of hydrogen-bond donors (Lipinski definition) is 0. The highest BCUT2D eigenvalue weighted by molar-refractivity contribution is 5.91. The van der Waals surface area contributed by atoms with Crippen LogP contribution in [0.5, 0.6) is 0 Å². The Morgan fingerprint density at radius 3 is 1.73 bits per heavy atom. The zero-order valence-electron chi connectivity index (χ0n) is 31.3. The van der Waals surface area contributed by atoms with Gasteiger partial charge >= 0.3 is 0 Å². The zero-order chi connectivity index (χ0) is 34.9. The molecular formula is C49H52. The fraction of sp³-hybridized carbons (Fsp3) is 0.306. The first-order valence-electron chi connectivity index (χ1n) is 18.1. The molecule has 0 spiro atoms. The average molecular weight is 641 g/mol. The summed E-state index contributed by atoms with van der Waals surface area (Å²) < 4.78 is 0. The van der Waals surface area contributed by atoms with Gasteiger partial charge < -0.3 is 0 Å². The molecule has 0 aliphatic heterocycles. The second kappa shape index (κ2) is 11.9. The minimum absolute atomic E-state index is 0.0132. The lowest BCUT2D eigenvalue weighted by molar-refractivity contribution is 0.590. The molecule has 7 rings (SSSR count). The van der Waals surface area contributed by atoms with E-state index in [0.29, 0.717) is 0 Å². The Morgan fingerprint density at radius 1 is 0.551 bits per heavy atom. The number of hydrogen-bond acceptors (Lipinski definition) is 0. The van der Waals surface area contributed by atoms with Gasteiger partial charge in [-0.1, -0.05) is 159 Å². The zero-order valence-corrected chi connectivity index (χ0v) is 31.3. The van der Waals surface area contributed by atoms with Crippen LogP contribution in [0.2, 0.25) is 0 Å². The summed E-state index contributed by atoms with van der Waals surface area (Å²) in [4.78, 5) is 0. The van der Waals surface area contributed by atoms with Crippen LogP contribution in [0.25, 0.3) is 39.0 Å². The summed E-state index contributed by atoms with van der Waals surface area (Å²) >= 11 is 0. The lowest BCUT2D eigenvalue weighted by Gasteiger charge is -2.28. The van der Waals surface area contributed by atoms with E-state index in [4.69, 9.17) is 0 Å². The standard InChI is InChI=1S/C49H52/c1-31-44(35-22-20-33(21-23-35)32-16-14-15-17-32)43(49(8,9)10)30-41-39-29-42(48(5,6)7)38(34-18-12-11-13-19-34)28-40(39)46(45(31)41)36-24-26-37(27-25-36)47(2,3)4/h11-16,18-30,46H,17H2,1-10H3. The van der Waals surface area contributed by atoms with Crippen LogP contribution in [0.3, 0.4) is 0 Å². The van der Waals surface area contributed by atoms with Gasteiger partial charge in [0.1, 0.15) is 0 Å². The van der Waals surface area contributed by atoms with E-state index in [0.717, 1.165) is 6.42 Å². The van der Waals surface area contributed by atoms with Crippen molar-refractivity contribution in [1.29, 1.82) is 0 Å². The maximum absolute atomic E-state index is 2.56. The normalized spacial score (nSPS) is 15.7. The molecule has 0 nitrogen and oxygen atoms in total. The predicted molar refractivity (Wildman–Crippen MR) is 213 cm³/mol. The molecule has 1 atom stereocenters. The molecule has 0 aromatic heterocycles. The smallest absolute Gasteiger partial charge is 0.0355 e. The van der Waals surface area contributed by atoms with Crippen LogP contribution in [0.1, 0.15) is 119 Å². The Morgan fingerprint density at radius 2 is 1.16 bits per heavy atom. The molecule has 0 amide bonds. The van der Waals surface area contributed by atoms with Crippen LogP contribution in [-0.2, 0) is 16.2 Å². The summed E-state index contributed by atoms with van der Waals surface area (Å²) in [5.41, 5.74) is 20.7. The molecule has 248 valence electrons. The molecule has 49 heavy (non-hydrogen) atoms. The van der Waals surface area contributed by atoms with Crippen molar-refractivity contribution >= 4 is 5.57 Å². The average Bonchev–Trinajstić information content (AvgIpc) is 3.71. The molecule has 0 radical (unpaired) electrons. The number of rotatable bonds is 4. The molecule has 0 N–H and O–H groups in total. The topological polar surface area (TPSA) is 0 Å². The summed E-state index contributed by atoms with van der Waals surface area (Å²) in [5.74, 6) is 0.150. The van der Waals surface area contributed by atoms with Crippen LogP contribution in [0, 0.1) is 6.92 Å². The number of allylic oxidation sites excluding steroid dienone is 4. The van der Waals surface area contributed by atoms with Crippen molar-refractivity contribution in [3.8, 4) is 33.4 Å². The van der Waals surface area contributed by atoms with Crippen molar-refractivity contribution in [2.45, 2.75) is 97.8 Å². The van der Waals surface area contributed by atoms with Crippen LogP contribution >= 0.6 is 0 Å². The van der Waals surface area contributed by atoms with E-state index in [1.807, 2.05) is 0 Å². The Balaban J connectivity index is 1.52. The summed E-state index contributed by atoms with van der Waals surface area (Å²) in [7, 11) is 0. The third-order valence-electron chi connectivity index (χ3n) is 10.8. The van der Waals surface area contributed by atoms with Crippen molar-refractivity contribution in [2.24, 2.45) is 0 Å². The molecule has 2 aliphatic carbocycles. The maximum Gasteiger partial charge on any atom is 0.0355 e. The van der Waals surface area contributed by atoms with Crippen molar-refractivity contribution in [3.05, 3.63) is 160 Å². The second-order valence-corrected chi connectivity index (χ2v) is 17.4. The first-order chi connectivity index (χ1) is 23.1. The molecule has 0 saturated heterocycles. The summed E-state index contributed by atoms with van der Waals surface area (Å²) in [6, 6.07) is 37.6. The van der Waals surface area contributed by atoms with E-state index in [1.165, 1.54) is 83.5 Å². The molecule has 2 aliphatic rings. The van der Waals surface area contributed by atoms with Crippen LogP contribution < -0.4 is 0 Å². The second-order valence-electron chi connectivity index (χ2n) is 17.4. The van der Waals surface area contributed by atoms with Crippen LogP contribution in [0.4, 0.5) is 0 Å². The fourth-order valence-corrected chi connectivity index (χ4v) is 8.15. The van der Waals surface area contributed by atoms with Gasteiger partial charge in [0.25, 0.3) is 0 Å². The van der Waals surface area contributed by atoms with Gasteiger partial charge in [-0.05, 0) is 131 Å². The first kappa shape index (κ1) is 33.1. The van der Waals surface area contributed by atoms with Crippen molar-refractivity contribution in [3.63, 3.8) is 0 Å². The first-order valence-corrected chi connectivity index (χ1v) is 18.1. The lowest BCUT2D eigenvalue weighted by Crippen LogP contribution is -2.15. The molecule has 0 fully saturated rings. The minimum atomic E-state index is -0.0326. The van der Waals surface area contributed by atoms with E-state index in [1.54, 1.807) is 0 Å². The molecule has 5 aromatic carbocycles. The van der Waals surface area contributed by atoms with Gasteiger partial charge in [-0.2, -0.15) is 0 Å². The Hall–Kier alpha value is -4.42. The summed E-state index contributed by atoms with van der Waals surface area (Å²) in [6.07, 6.45) is 7.68. The largest absolute Gasteiger partial charge is 0.0801 e. The Bertz CT molecular complexity index is 2090. The molecule has 0 heteroatoms. The molecule has 0 saturated carbocycles. The van der Waals surface area contributed by atoms with Gasteiger partial charge in [0.05, 0.1) is 0 Å². The highest BCUT2D eigenvalue weighted by atomic mass is 14.4. The van der Waals surface area contributed by atoms with Gasteiger partial charge in [0.15, 0.2) is 0 Å². The minimum Gasteiger partial charge on any atom is -0.0801 e. The van der Waals surface area contributed by atoms with Gasteiger partial charge in [-0.3, -0.25) is 0 Å². The summed E-state index contributed by atoms with van der Waals surface area (Å²) in [6.45, 7) is 23.5. The van der Waals surface area contributed by atoms with E-state index < -0.39 is 0 Å². The van der Waals surface area contributed by atoms with Gasteiger partial charge in [0.2, 0.25) is 0 Å². The summed E-state index contributed by atoms with van der Waals surface area (Å²) in [5, 5.41) is 0. The third-order valence-corrected chi connectivity index (χ3v) is 10.8. The van der Waals surface area contributed by atoms with Crippen molar-refractivity contribution < 1.29 is 0 Å². The quantitative estimate of drug-likeness (QED) is 0.180. The Labute approximate surface area is 295 Å². The third kappa shape index (κ3) is 5.94. The van der Waals surface area contributed by atoms with Gasteiger partial charge in [-0.25, -0.2) is 0 Å². The SMILES string of the molecule is Cc1c(-c2ccc(C3=CC=CC3)cc2)c(C(C)(C)C)cc2c1C(c1ccc(C(C)(C)C)cc1)c1cc(-c3ccccc3)c(C(C)(C)C)cc1-2. The van der Waals surface area contributed by atoms with Crippen molar-refractivity contribution in [1.82, 2.24) is 0 Å². The molecule has 0 bridgehead atoms. The predicted octanol–water partition coefficient (Wildman–Crippen LogP) is 13.7. The monoisotopic (exact) mass is 640 g/mol. The number of benzene rings is 5. The molecule has 5 aromatic rings. The van der Waals surface area contributed by atoms with E-state index >= 15 is 0 Å². The van der Waals surface area contributed by atoms with E-state index in [-0.39, 0.29) is 22.2 Å². The van der Waals surface area contributed by atoms with Crippen molar-refractivity contribution in [2.75, 3.05) is 0 Å². The van der Waals surface area contributed by atoms with Crippen LogP contribution in [0.15, 0.2) is 115 Å². The Kier molecular flexibility index (Phi) is 8.02. The maximum atomic E-state index is 2.56. The molecule has 0 heterocycles. The highest BCUT2D eigenvalue weighted by Gasteiger charge is 2.37. The van der Waals surface area contributed by atoms with Gasteiger partial charge in [-0.15, -0.1) is 0 Å².